The van der Waals surface area contributed by atoms with Gasteiger partial charge in [0.05, 0.1) is 0 Å². The van der Waals surface area contributed by atoms with Crippen LogP contribution in [-0.2, 0) is 5.41 Å². The molecule has 1 aliphatic rings. The Morgan fingerprint density at radius 2 is 1.81 bits per heavy atom. The Hall–Kier alpha value is -1.79. The molecule has 0 atom stereocenters. The summed E-state index contributed by atoms with van der Waals surface area (Å²) in [4.78, 5) is 6.20. The summed E-state index contributed by atoms with van der Waals surface area (Å²) in [6.07, 6.45) is 3.21. The van der Waals surface area contributed by atoms with Gasteiger partial charge in [-0.1, -0.05) is 20.8 Å². The quantitative estimate of drug-likeness (QED) is 0.811. The summed E-state index contributed by atoms with van der Waals surface area (Å²) < 4.78 is 28.5. The lowest BCUT2D eigenvalue weighted by atomic mass is 9.96. The predicted octanol–water partition coefficient (Wildman–Crippen LogP) is 2.66. The van der Waals surface area contributed by atoms with Gasteiger partial charge in [0.15, 0.2) is 5.82 Å². The summed E-state index contributed by atoms with van der Waals surface area (Å²) in [5, 5.41) is 8.47. The molecule has 7 heteroatoms. The third kappa shape index (κ3) is 2.56. The number of fused-ring (bicyclic) bond motifs is 1. The van der Waals surface area contributed by atoms with Crippen LogP contribution in [0.4, 0.5) is 14.6 Å². The molecular weight excluding hydrogens is 276 g/mol. The minimum atomic E-state index is -2.56. The highest BCUT2D eigenvalue weighted by Crippen LogP contribution is 2.31. The van der Waals surface area contributed by atoms with Crippen molar-refractivity contribution in [1.29, 1.82) is 0 Å². The number of nitrogens with zero attached hydrogens (tertiary/aromatic N) is 5. The average molecular weight is 295 g/mol. The summed E-state index contributed by atoms with van der Waals surface area (Å²) in [5.74, 6) is -1.09. The van der Waals surface area contributed by atoms with Crippen LogP contribution in [0.1, 0.15) is 39.4 Å². The molecule has 114 valence electrons. The summed E-state index contributed by atoms with van der Waals surface area (Å²) in [7, 11) is 0. The molecule has 2 aromatic rings. The van der Waals surface area contributed by atoms with Gasteiger partial charge in [0.25, 0.3) is 5.92 Å². The molecule has 0 bridgehead atoms. The van der Waals surface area contributed by atoms with Crippen LogP contribution in [0.25, 0.3) is 5.65 Å². The van der Waals surface area contributed by atoms with Gasteiger partial charge in [-0.2, -0.15) is 0 Å². The van der Waals surface area contributed by atoms with Crippen molar-refractivity contribution >= 4 is 11.5 Å². The van der Waals surface area contributed by atoms with Crippen LogP contribution >= 0.6 is 0 Å². The zero-order chi connectivity index (χ0) is 15.3. The molecule has 1 fully saturated rings. The number of anilines is 1. The topological polar surface area (TPSA) is 46.3 Å². The van der Waals surface area contributed by atoms with Gasteiger partial charge in [0, 0.05) is 43.7 Å². The molecule has 0 saturated carbocycles. The van der Waals surface area contributed by atoms with Crippen LogP contribution in [-0.4, -0.2) is 38.6 Å². The van der Waals surface area contributed by atoms with Crippen molar-refractivity contribution in [3.8, 4) is 0 Å². The van der Waals surface area contributed by atoms with Gasteiger partial charge in [-0.3, -0.25) is 4.40 Å². The van der Waals surface area contributed by atoms with E-state index in [2.05, 4.69) is 36.0 Å². The fraction of sp³-hybridized carbons (Fsp3) is 0.643. The van der Waals surface area contributed by atoms with Crippen molar-refractivity contribution in [3.63, 3.8) is 0 Å². The molecule has 0 aromatic carbocycles. The fourth-order valence-corrected chi connectivity index (χ4v) is 2.59. The van der Waals surface area contributed by atoms with Gasteiger partial charge < -0.3 is 4.90 Å². The highest BCUT2D eigenvalue weighted by molar-refractivity contribution is 5.64. The number of rotatable bonds is 1. The van der Waals surface area contributed by atoms with Crippen molar-refractivity contribution < 1.29 is 8.78 Å². The van der Waals surface area contributed by atoms with E-state index in [1.54, 1.807) is 6.20 Å². The van der Waals surface area contributed by atoms with Crippen molar-refractivity contribution in [2.75, 3.05) is 18.0 Å². The number of halogens is 2. The zero-order valence-electron chi connectivity index (χ0n) is 12.5. The van der Waals surface area contributed by atoms with Crippen molar-refractivity contribution in [3.05, 3.63) is 18.2 Å². The molecule has 1 aliphatic heterocycles. The van der Waals surface area contributed by atoms with Crippen molar-refractivity contribution in [1.82, 2.24) is 19.6 Å². The van der Waals surface area contributed by atoms with Crippen LogP contribution in [0.2, 0.25) is 0 Å². The second-order valence-corrected chi connectivity index (χ2v) is 6.56. The maximum atomic E-state index is 13.3. The molecule has 1 saturated heterocycles. The Bertz CT molecular complexity index is 649. The zero-order valence-corrected chi connectivity index (χ0v) is 12.5. The summed E-state index contributed by atoms with van der Waals surface area (Å²) in [6.45, 7) is 6.76. The first-order valence-corrected chi connectivity index (χ1v) is 7.11. The smallest absolute Gasteiger partial charge is 0.251 e. The van der Waals surface area contributed by atoms with Gasteiger partial charge in [0.1, 0.15) is 5.82 Å². The van der Waals surface area contributed by atoms with E-state index in [0.717, 1.165) is 5.82 Å². The third-order valence-corrected chi connectivity index (χ3v) is 3.77. The summed E-state index contributed by atoms with van der Waals surface area (Å²) in [6, 6.07) is 0. The van der Waals surface area contributed by atoms with Crippen molar-refractivity contribution in [2.24, 2.45) is 0 Å². The van der Waals surface area contributed by atoms with E-state index in [1.807, 2.05) is 15.5 Å². The molecule has 0 unspecified atom stereocenters. The number of hydrogen-bond acceptors (Lipinski definition) is 4. The second kappa shape index (κ2) is 4.61. The maximum Gasteiger partial charge on any atom is 0.251 e. The highest BCUT2D eigenvalue weighted by atomic mass is 19.3. The average Bonchev–Trinajstić information content (AvgIpc) is 2.82. The van der Waals surface area contributed by atoms with E-state index in [1.165, 1.54) is 0 Å². The SMILES string of the molecule is CC(C)(C)c1nnc2c(N3CCC(F)(F)CC3)nccn12. The van der Waals surface area contributed by atoms with Gasteiger partial charge >= 0.3 is 0 Å². The Balaban J connectivity index is 1.99. The molecule has 0 amide bonds. The molecule has 0 N–H and O–H groups in total. The Labute approximate surface area is 122 Å². The molecule has 3 rings (SSSR count). The molecule has 0 radical (unpaired) electrons. The number of hydrogen-bond donors (Lipinski definition) is 0. The largest absolute Gasteiger partial charge is 0.353 e. The number of aromatic nitrogens is 4. The predicted molar refractivity (Wildman–Crippen MR) is 75.9 cm³/mol. The minimum Gasteiger partial charge on any atom is -0.353 e. The summed E-state index contributed by atoms with van der Waals surface area (Å²) >= 11 is 0. The van der Waals surface area contributed by atoms with Gasteiger partial charge in [0.2, 0.25) is 5.65 Å². The van der Waals surface area contributed by atoms with Crippen LogP contribution in [0, 0.1) is 0 Å². The third-order valence-electron chi connectivity index (χ3n) is 3.77. The Kier molecular flexibility index (Phi) is 3.11. The van der Waals surface area contributed by atoms with Gasteiger partial charge in [-0.05, 0) is 0 Å². The highest BCUT2D eigenvalue weighted by Gasteiger charge is 2.35. The van der Waals surface area contributed by atoms with Crippen LogP contribution in [0.15, 0.2) is 12.4 Å². The molecular formula is C14H19F2N5. The molecule has 5 nitrogen and oxygen atoms in total. The minimum absolute atomic E-state index is 0.143. The lowest BCUT2D eigenvalue weighted by molar-refractivity contribution is -0.0221. The van der Waals surface area contributed by atoms with E-state index < -0.39 is 5.92 Å². The van der Waals surface area contributed by atoms with Gasteiger partial charge in [-0.25, -0.2) is 13.8 Å². The first-order valence-electron chi connectivity index (χ1n) is 7.11. The number of alkyl halides is 2. The standard InChI is InChI=1S/C14H19F2N5/c1-13(2,3)12-19-18-11-10(17-6-9-21(11)12)20-7-4-14(15,16)5-8-20/h6,9H,4-5,7-8H2,1-3H3. The van der Waals surface area contributed by atoms with E-state index in [-0.39, 0.29) is 31.3 Å². The lowest BCUT2D eigenvalue weighted by Gasteiger charge is -2.32. The molecule has 0 spiro atoms. The molecule has 21 heavy (non-hydrogen) atoms. The molecule has 0 aliphatic carbocycles. The second-order valence-electron chi connectivity index (χ2n) is 6.56. The monoisotopic (exact) mass is 295 g/mol. The summed E-state index contributed by atoms with van der Waals surface area (Å²) in [5.41, 5.74) is 0.486. The number of piperidine rings is 1. The Morgan fingerprint density at radius 3 is 2.43 bits per heavy atom. The molecule has 2 aromatic heterocycles. The first-order chi connectivity index (χ1) is 9.78. The van der Waals surface area contributed by atoms with E-state index >= 15 is 0 Å². The lowest BCUT2D eigenvalue weighted by Crippen LogP contribution is -2.40. The van der Waals surface area contributed by atoms with E-state index in [0.29, 0.717) is 11.5 Å². The first kappa shape index (κ1) is 14.2. The van der Waals surface area contributed by atoms with Crippen LogP contribution < -0.4 is 4.90 Å². The molecule has 3 heterocycles. The Morgan fingerprint density at radius 1 is 1.14 bits per heavy atom. The van der Waals surface area contributed by atoms with Crippen LogP contribution in [0.3, 0.4) is 0 Å². The van der Waals surface area contributed by atoms with Crippen LogP contribution in [0.5, 0.6) is 0 Å². The van der Waals surface area contributed by atoms with Gasteiger partial charge in [-0.15, -0.1) is 10.2 Å². The normalized spacial score (nSPS) is 19.2. The van der Waals surface area contributed by atoms with Crippen molar-refractivity contribution in [2.45, 2.75) is 45.0 Å². The fourth-order valence-electron chi connectivity index (χ4n) is 2.59. The van der Waals surface area contributed by atoms with E-state index in [4.69, 9.17) is 0 Å². The maximum absolute atomic E-state index is 13.3. The van der Waals surface area contributed by atoms with E-state index in [9.17, 15) is 8.78 Å².